The molecule has 0 fully saturated rings. The SMILES string of the molecule is COCOc1cc(C(CC=O)O[Si](C)(C)C)cc2c(OC)ccc(OC)c12. The second kappa shape index (κ2) is 9.21. The highest BCUT2D eigenvalue weighted by Crippen LogP contribution is 2.42. The summed E-state index contributed by atoms with van der Waals surface area (Å²) in [7, 11) is 2.92. The van der Waals surface area contributed by atoms with Gasteiger partial charge in [0.05, 0.1) is 25.7 Å². The molecule has 0 radical (unpaired) electrons. The van der Waals surface area contributed by atoms with Crippen molar-refractivity contribution in [3.8, 4) is 17.2 Å². The van der Waals surface area contributed by atoms with Gasteiger partial charge < -0.3 is 28.2 Å². The van der Waals surface area contributed by atoms with E-state index in [9.17, 15) is 4.79 Å². The van der Waals surface area contributed by atoms with Crippen LogP contribution < -0.4 is 14.2 Å². The Morgan fingerprint density at radius 3 is 2.22 bits per heavy atom. The third-order valence-electron chi connectivity index (χ3n) is 3.97. The highest BCUT2D eigenvalue weighted by atomic mass is 28.4. The summed E-state index contributed by atoms with van der Waals surface area (Å²) in [5, 5.41) is 1.62. The Morgan fingerprint density at radius 2 is 1.67 bits per heavy atom. The van der Waals surface area contributed by atoms with Crippen molar-refractivity contribution in [1.29, 1.82) is 0 Å². The maximum Gasteiger partial charge on any atom is 0.188 e. The Bertz CT molecular complexity index is 784. The molecule has 2 rings (SSSR count). The smallest absolute Gasteiger partial charge is 0.188 e. The lowest BCUT2D eigenvalue weighted by molar-refractivity contribution is -0.109. The minimum absolute atomic E-state index is 0.0894. The second-order valence-electron chi connectivity index (χ2n) is 7.08. The van der Waals surface area contributed by atoms with Crippen molar-refractivity contribution in [2.75, 3.05) is 28.1 Å². The molecule has 0 bridgehead atoms. The predicted octanol–water partition coefficient (Wildman–Crippen LogP) is 4.32. The molecule has 0 aliphatic heterocycles. The molecule has 0 aromatic heterocycles. The summed E-state index contributed by atoms with van der Waals surface area (Å²) < 4.78 is 28.2. The Hall–Kier alpha value is -2.09. The van der Waals surface area contributed by atoms with Crippen LogP contribution in [0.5, 0.6) is 17.2 Å². The number of methoxy groups -OCH3 is 3. The van der Waals surface area contributed by atoms with E-state index in [0.29, 0.717) is 17.2 Å². The van der Waals surface area contributed by atoms with Crippen LogP contribution in [0.4, 0.5) is 0 Å². The first-order valence-corrected chi connectivity index (χ1v) is 12.2. The van der Waals surface area contributed by atoms with Crippen LogP contribution in [0.3, 0.4) is 0 Å². The highest BCUT2D eigenvalue weighted by molar-refractivity contribution is 6.69. The lowest BCUT2D eigenvalue weighted by atomic mass is 9.99. The number of ether oxygens (including phenoxy) is 4. The largest absolute Gasteiger partial charge is 0.496 e. The maximum absolute atomic E-state index is 11.3. The Kier molecular flexibility index (Phi) is 7.23. The number of rotatable bonds is 10. The van der Waals surface area contributed by atoms with Crippen LogP contribution in [-0.4, -0.2) is 42.7 Å². The summed E-state index contributed by atoms with van der Waals surface area (Å²) >= 11 is 0. The fraction of sp³-hybridized carbons (Fsp3) is 0.450. The van der Waals surface area contributed by atoms with Crippen LogP contribution in [0.1, 0.15) is 18.1 Å². The number of benzene rings is 2. The van der Waals surface area contributed by atoms with Gasteiger partial charge in [0.25, 0.3) is 0 Å². The minimum Gasteiger partial charge on any atom is -0.496 e. The fourth-order valence-corrected chi connectivity index (χ4v) is 4.03. The van der Waals surface area contributed by atoms with Crippen LogP contribution in [0, 0.1) is 0 Å². The number of hydrogen-bond donors (Lipinski definition) is 0. The molecular weight excluding hydrogens is 364 g/mol. The number of hydrogen-bond acceptors (Lipinski definition) is 6. The van der Waals surface area contributed by atoms with Gasteiger partial charge in [0.2, 0.25) is 0 Å². The molecule has 27 heavy (non-hydrogen) atoms. The average molecular weight is 393 g/mol. The van der Waals surface area contributed by atoms with Gasteiger partial charge in [-0.15, -0.1) is 0 Å². The summed E-state index contributed by atoms with van der Waals surface area (Å²) in [6.07, 6.45) is 0.804. The normalized spacial score (nSPS) is 12.7. The van der Waals surface area contributed by atoms with E-state index in [1.165, 1.54) is 0 Å². The standard InChI is InChI=1S/C20H28O6Si/c1-22-13-25-19-12-14(16(9-10-21)26-27(4,5)6)11-15-17(23-2)7-8-18(24-3)20(15)19/h7-8,10-12,16H,9,13H2,1-6H3. The zero-order valence-electron chi connectivity index (χ0n) is 16.8. The second-order valence-corrected chi connectivity index (χ2v) is 11.5. The summed E-state index contributed by atoms with van der Waals surface area (Å²) in [6, 6.07) is 7.55. The number of carbonyl (C=O) groups excluding carboxylic acids is 1. The molecule has 2 aromatic rings. The van der Waals surface area contributed by atoms with E-state index in [4.69, 9.17) is 23.4 Å². The molecule has 0 N–H and O–H groups in total. The molecule has 6 nitrogen and oxygen atoms in total. The van der Waals surface area contributed by atoms with E-state index in [0.717, 1.165) is 22.6 Å². The van der Waals surface area contributed by atoms with Crippen molar-refractivity contribution in [3.63, 3.8) is 0 Å². The molecule has 148 valence electrons. The van der Waals surface area contributed by atoms with Gasteiger partial charge in [-0.1, -0.05) is 0 Å². The molecule has 2 aromatic carbocycles. The minimum atomic E-state index is -1.87. The highest BCUT2D eigenvalue weighted by Gasteiger charge is 2.24. The summed E-state index contributed by atoms with van der Waals surface area (Å²) in [5.74, 6) is 1.95. The van der Waals surface area contributed by atoms with Gasteiger partial charge in [-0.2, -0.15) is 0 Å². The van der Waals surface area contributed by atoms with Gasteiger partial charge in [0.15, 0.2) is 15.1 Å². The molecule has 0 aliphatic rings. The molecular formula is C20H28O6Si. The van der Waals surface area contributed by atoms with Crippen LogP contribution in [0.25, 0.3) is 10.8 Å². The van der Waals surface area contributed by atoms with Crippen molar-refractivity contribution in [2.45, 2.75) is 32.2 Å². The van der Waals surface area contributed by atoms with Crippen molar-refractivity contribution >= 4 is 25.4 Å². The van der Waals surface area contributed by atoms with Crippen LogP contribution >= 0.6 is 0 Å². The topological polar surface area (TPSA) is 63.2 Å². The van der Waals surface area contributed by atoms with E-state index in [2.05, 4.69) is 19.6 Å². The van der Waals surface area contributed by atoms with Crippen LogP contribution in [0.15, 0.2) is 24.3 Å². The van der Waals surface area contributed by atoms with Gasteiger partial charge in [-0.3, -0.25) is 0 Å². The van der Waals surface area contributed by atoms with Gasteiger partial charge >= 0.3 is 0 Å². The van der Waals surface area contributed by atoms with E-state index < -0.39 is 8.32 Å². The zero-order chi connectivity index (χ0) is 20.0. The lowest BCUT2D eigenvalue weighted by Crippen LogP contribution is -2.28. The molecule has 1 atom stereocenters. The molecule has 7 heteroatoms. The first kappa shape index (κ1) is 21.2. The number of carbonyl (C=O) groups is 1. The maximum atomic E-state index is 11.3. The third kappa shape index (κ3) is 5.21. The monoisotopic (exact) mass is 392 g/mol. The summed E-state index contributed by atoms with van der Waals surface area (Å²) in [4.78, 5) is 11.3. The van der Waals surface area contributed by atoms with E-state index >= 15 is 0 Å². The van der Waals surface area contributed by atoms with E-state index in [1.54, 1.807) is 21.3 Å². The van der Waals surface area contributed by atoms with Gasteiger partial charge in [0, 0.05) is 18.9 Å². The van der Waals surface area contributed by atoms with Crippen molar-refractivity contribution in [1.82, 2.24) is 0 Å². The quantitative estimate of drug-likeness (QED) is 0.341. The van der Waals surface area contributed by atoms with E-state index in [-0.39, 0.29) is 19.3 Å². The van der Waals surface area contributed by atoms with E-state index in [1.807, 2.05) is 24.3 Å². The first-order valence-electron chi connectivity index (χ1n) is 8.76. The molecule has 0 saturated heterocycles. The number of fused-ring (bicyclic) bond motifs is 1. The molecule has 1 unspecified atom stereocenters. The van der Waals surface area contributed by atoms with Crippen molar-refractivity contribution in [3.05, 3.63) is 29.8 Å². The molecule has 0 saturated carbocycles. The zero-order valence-corrected chi connectivity index (χ0v) is 17.8. The molecule has 0 aliphatic carbocycles. The van der Waals surface area contributed by atoms with Crippen molar-refractivity contribution < 1.29 is 28.2 Å². The van der Waals surface area contributed by atoms with Gasteiger partial charge in [-0.25, -0.2) is 0 Å². The van der Waals surface area contributed by atoms with Gasteiger partial charge in [0.1, 0.15) is 23.5 Å². The summed E-state index contributed by atoms with van der Waals surface area (Å²) in [6.45, 7) is 6.37. The molecule has 0 spiro atoms. The average Bonchev–Trinajstić information content (AvgIpc) is 2.63. The molecule has 0 amide bonds. The lowest BCUT2D eigenvalue weighted by Gasteiger charge is -2.26. The Labute approximate surface area is 161 Å². The fourth-order valence-electron chi connectivity index (χ4n) is 2.95. The van der Waals surface area contributed by atoms with Crippen LogP contribution in [0.2, 0.25) is 19.6 Å². The first-order chi connectivity index (χ1) is 12.8. The Morgan fingerprint density at radius 1 is 1.00 bits per heavy atom. The summed E-state index contributed by atoms with van der Waals surface area (Å²) in [5.41, 5.74) is 0.856. The van der Waals surface area contributed by atoms with Crippen LogP contribution in [-0.2, 0) is 14.0 Å². The predicted molar refractivity (Wildman–Crippen MR) is 107 cm³/mol. The number of aldehydes is 1. The third-order valence-corrected chi connectivity index (χ3v) is 4.96. The van der Waals surface area contributed by atoms with Crippen molar-refractivity contribution in [2.24, 2.45) is 0 Å². The molecule has 0 heterocycles. The Balaban J connectivity index is 2.71. The van der Waals surface area contributed by atoms with Gasteiger partial charge in [-0.05, 0) is 49.5 Å².